The highest BCUT2D eigenvalue weighted by Gasteiger charge is 2.76. The Hall–Kier alpha value is -3.96. The van der Waals surface area contributed by atoms with Gasteiger partial charge in [0, 0.05) is 12.5 Å². The number of ether oxygens (including phenoxy) is 1. The van der Waals surface area contributed by atoms with Gasteiger partial charge in [-0.25, -0.2) is 9.29 Å². The van der Waals surface area contributed by atoms with E-state index in [1.54, 1.807) is 6.08 Å². The number of rotatable bonds is 6. The summed E-state index contributed by atoms with van der Waals surface area (Å²) in [6, 6.07) is 9.00. The van der Waals surface area contributed by atoms with Crippen molar-refractivity contribution in [2.24, 2.45) is 17.8 Å². The second-order valence-electron chi connectivity index (χ2n) is 11.2. The van der Waals surface area contributed by atoms with Crippen LogP contribution in [0.5, 0.6) is 11.5 Å². The monoisotopic (exact) mass is 630 g/mol. The van der Waals surface area contributed by atoms with E-state index in [0.717, 1.165) is 21.9 Å². The quantitative estimate of drug-likeness (QED) is 0.280. The van der Waals surface area contributed by atoms with Crippen molar-refractivity contribution in [3.63, 3.8) is 0 Å². The fraction of sp³-hybridized carbons (Fsp3) is 0.367. The number of amides is 4. The van der Waals surface area contributed by atoms with Crippen LogP contribution in [0.3, 0.4) is 0 Å². The van der Waals surface area contributed by atoms with Gasteiger partial charge in [-0.1, -0.05) is 17.7 Å². The molecule has 6 rings (SSSR count). The molecule has 13 heteroatoms. The van der Waals surface area contributed by atoms with Gasteiger partial charge in [-0.2, -0.15) is 0 Å². The molecule has 3 fully saturated rings. The normalized spacial score (nSPS) is 31.5. The summed E-state index contributed by atoms with van der Waals surface area (Å²) in [6.07, 6.45) is 1.15. The Labute approximate surface area is 254 Å². The van der Waals surface area contributed by atoms with Gasteiger partial charge in [0.2, 0.25) is 11.8 Å². The van der Waals surface area contributed by atoms with Crippen molar-refractivity contribution in [2.75, 3.05) is 18.6 Å². The molecule has 224 valence electrons. The number of phenolic OH excluding ortho intramolecular Hbond substituents is 1. The molecule has 0 spiro atoms. The third-order valence-corrected chi connectivity index (χ3v) is 10.5. The van der Waals surface area contributed by atoms with Gasteiger partial charge in [-0.3, -0.25) is 28.9 Å². The maximum absolute atomic E-state index is 14.3. The molecule has 2 heterocycles. The lowest BCUT2D eigenvalue weighted by Crippen LogP contribution is -2.60. The van der Waals surface area contributed by atoms with E-state index in [1.165, 1.54) is 37.4 Å². The SMILES string of the molecule is COc1cc(C2C3=CCC4C(=O)N(CCC(=O)O)C(=O)C4C3CC3(Cl)C(=O)N(c4ccc(F)cc4)C(=O)C23Cl)ccc1O. The van der Waals surface area contributed by atoms with Crippen LogP contribution in [0.2, 0.25) is 0 Å². The van der Waals surface area contributed by atoms with E-state index in [4.69, 9.17) is 33.0 Å². The van der Waals surface area contributed by atoms with Gasteiger partial charge in [0.15, 0.2) is 21.2 Å². The third kappa shape index (κ3) is 4.01. The summed E-state index contributed by atoms with van der Waals surface area (Å²) in [6.45, 7) is -0.304. The van der Waals surface area contributed by atoms with Crippen molar-refractivity contribution in [2.45, 2.75) is 34.9 Å². The molecule has 2 aromatic carbocycles. The maximum atomic E-state index is 14.3. The van der Waals surface area contributed by atoms with Crippen molar-refractivity contribution in [3.05, 3.63) is 65.5 Å². The van der Waals surface area contributed by atoms with Crippen molar-refractivity contribution >= 4 is 58.5 Å². The number of halogens is 3. The fourth-order valence-electron chi connectivity index (χ4n) is 7.14. The number of carbonyl (C=O) groups is 5. The first kappa shape index (κ1) is 29.1. The molecule has 2 saturated heterocycles. The van der Waals surface area contributed by atoms with Crippen LogP contribution in [0.4, 0.5) is 10.1 Å². The van der Waals surface area contributed by atoms with Crippen LogP contribution in [0.1, 0.15) is 30.7 Å². The van der Waals surface area contributed by atoms with E-state index >= 15 is 0 Å². The average Bonchev–Trinajstić information content (AvgIpc) is 3.30. The van der Waals surface area contributed by atoms with Gasteiger partial charge in [-0.15, -0.1) is 23.2 Å². The second-order valence-corrected chi connectivity index (χ2v) is 12.4. The molecular formula is C30H25Cl2FN2O8. The lowest BCUT2D eigenvalue weighted by molar-refractivity contribution is -0.142. The Morgan fingerprint density at radius 3 is 2.40 bits per heavy atom. The Balaban J connectivity index is 1.52. The predicted molar refractivity (Wildman–Crippen MR) is 150 cm³/mol. The molecule has 4 aliphatic rings. The Bertz CT molecular complexity index is 1630. The molecule has 2 aromatic rings. The minimum absolute atomic E-state index is 0.0506. The summed E-state index contributed by atoms with van der Waals surface area (Å²) in [5.41, 5.74) is 0.934. The molecule has 4 amide bonds. The molecule has 6 unspecified atom stereocenters. The van der Waals surface area contributed by atoms with Crippen LogP contribution in [-0.2, 0) is 24.0 Å². The number of nitrogens with zero attached hydrogens (tertiary/aromatic N) is 2. The van der Waals surface area contributed by atoms with Crippen LogP contribution in [-0.4, -0.2) is 68.1 Å². The van der Waals surface area contributed by atoms with E-state index in [2.05, 4.69) is 0 Å². The highest BCUT2D eigenvalue weighted by molar-refractivity contribution is 6.58. The Morgan fingerprint density at radius 1 is 1.05 bits per heavy atom. The van der Waals surface area contributed by atoms with Crippen LogP contribution in [0.25, 0.3) is 0 Å². The highest BCUT2D eigenvalue weighted by atomic mass is 35.5. The third-order valence-electron chi connectivity index (χ3n) is 9.07. The van der Waals surface area contributed by atoms with Crippen molar-refractivity contribution in [1.82, 2.24) is 4.90 Å². The van der Waals surface area contributed by atoms with Gasteiger partial charge < -0.3 is 14.9 Å². The topological polar surface area (TPSA) is 142 Å². The van der Waals surface area contributed by atoms with Gasteiger partial charge >= 0.3 is 5.97 Å². The zero-order chi connectivity index (χ0) is 31.0. The molecular weight excluding hydrogens is 606 g/mol. The molecule has 2 N–H and O–H groups in total. The number of aromatic hydroxyl groups is 1. The summed E-state index contributed by atoms with van der Waals surface area (Å²) in [4.78, 5) is 64.1. The summed E-state index contributed by atoms with van der Waals surface area (Å²) in [5, 5.41) is 19.4. The molecule has 2 aliphatic heterocycles. The number of imide groups is 2. The predicted octanol–water partition coefficient (Wildman–Crippen LogP) is 3.58. The number of hydrogen-bond acceptors (Lipinski definition) is 7. The summed E-state index contributed by atoms with van der Waals surface area (Å²) < 4.78 is 19.0. The van der Waals surface area contributed by atoms with Crippen LogP contribution in [0.15, 0.2) is 54.1 Å². The Morgan fingerprint density at radius 2 is 1.74 bits per heavy atom. The first-order valence-corrected chi connectivity index (χ1v) is 14.3. The number of phenols is 1. The largest absolute Gasteiger partial charge is 0.504 e. The van der Waals surface area contributed by atoms with Gasteiger partial charge in [0.05, 0.1) is 31.1 Å². The van der Waals surface area contributed by atoms with Crippen molar-refractivity contribution in [1.29, 1.82) is 0 Å². The maximum Gasteiger partial charge on any atom is 0.305 e. The van der Waals surface area contributed by atoms with E-state index in [-0.39, 0.29) is 36.6 Å². The first-order chi connectivity index (χ1) is 20.3. The van der Waals surface area contributed by atoms with Crippen molar-refractivity contribution in [3.8, 4) is 11.5 Å². The van der Waals surface area contributed by atoms with E-state index in [0.29, 0.717) is 11.1 Å². The molecule has 0 aromatic heterocycles. The summed E-state index contributed by atoms with van der Waals surface area (Å²) in [7, 11) is 1.34. The van der Waals surface area contributed by atoms with Gasteiger partial charge in [0.25, 0.3) is 11.8 Å². The van der Waals surface area contributed by atoms with E-state index < -0.39 is 75.3 Å². The molecule has 10 nitrogen and oxygen atoms in total. The van der Waals surface area contributed by atoms with Crippen molar-refractivity contribution < 1.29 is 43.3 Å². The number of likely N-dealkylation sites (tertiary alicyclic amines) is 1. The average molecular weight is 631 g/mol. The number of hydrogen-bond donors (Lipinski definition) is 2. The molecule has 6 atom stereocenters. The number of aliphatic carboxylic acids is 1. The smallest absolute Gasteiger partial charge is 0.305 e. The van der Waals surface area contributed by atoms with Gasteiger partial charge in [0.1, 0.15) is 5.82 Å². The number of benzene rings is 2. The standard InChI is InChI=1S/C30H25Cl2FN2O8/c1-43-21-12-14(2-9-20(21)36)24-17-7-8-18-23(26(40)34(25(18)39)11-10-22(37)38)19(17)13-29(31)27(41)35(28(42)30(24,29)32)16-5-3-15(33)4-6-16/h2-7,9,12,18-19,23-24,36H,8,10-11,13H2,1H3,(H,37,38). The fourth-order valence-corrected chi connectivity index (χ4v) is 8.07. The molecule has 0 radical (unpaired) electrons. The lowest BCUT2D eigenvalue weighted by Gasteiger charge is -2.50. The number of carboxylic acid groups (broad SMARTS) is 1. The number of methoxy groups -OCH3 is 1. The number of carbonyl (C=O) groups excluding carboxylic acids is 4. The van der Waals surface area contributed by atoms with Crippen LogP contribution >= 0.6 is 23.2 Å². The number of alkyl halides is 2. The van der Waals surface area contributed by atoms with E-state index in [1.807, 2.05) is 0 Å². The number of fused-ring (bicyclic) bond motifs is 4. The molecule has 0 bridgehead atoms. The van der Waals surface area contributed by atoms with E-state index in [9.17, 15) is 33.5 Å². The number of carboxylic acids is 1. The minimum Gasteiger partial charge on any atom is -0.504 e. The molecule has 43 heavy (non-hydrogen) atoms. The molecule has 1 saturated carbocycles. The second kappa shape index (κ2) is 10.1. The number of anilines is 1. The first-order valence-electron chi connectivity index (χ1n) is 13.5. The summed E-state index contributed by atoms with van der Waals surface area (Å²) in [5.74, 6) is -8.40. The van der Waals surface area contributed by atoms with Crippen LogP contribution in [0, 0.1) is 23.6 Å². The minimum atomic E-state index is -2.13. The zero-order valence-corrected chi connectivity index (χ0v) is 24.1. The Kier molecular flexibility index (Phi) is 6.81. The number of allylic oxidation sites excluding steroid dienone is 2. The van der Waals surface area contributed by atoms with Gasteiger partial charge in [-0.05, 0) is 60.7 Å². The zero-order valence-electron chi connectivity index (χ0n) is 22.6. The highest BCUT2D eigenvalue weighted by Crippen LogP contribution is 2.66. The summed E-state index contributed by atoms with van der Waals surface area (Å²) >= 11 is 14.5. The molecule has 2 aliphatic carbocycles. The lowest BCUT2D eigenvalue weighted by atomic mass is 9.56. The van der Waals surface area contributed by atoms with Crippen LogP contribution < -0.4 is 9.64 Å².